The number of aliphatic imine (C=N–C) groups is 1. The van der Waals surface area contributed by atoms with Crippen molar-refractivity contribution in [1.82, 2.24) is 4.90 Å². The highest BCUT2D eigenvalue weighted by atomic mass is 16.5. The summed E-state index contributed by atoms with van der Waals surface area (Å²) in [6.07, 6.45) is 6.57. The second-order valence-corrected chi connectivity index (χ2v) is 12.4. The van der Waals surface area contributed by atoms with Gasteiger partial charge in [-0.1, -0.05) is 54.2 Å². The molecule has 41 heavy (non-hydrogen) atoms. The van der Waals surface area contributed by atoms with E-state index in [1.54, 1.807) is 11.2 Å². The van der Waals surface area contributed by atoms with Gasteiger partial charge in [0.2, 0.25) is 0 Å². The molecule has 2 rings (SSSR count). The number of likely N-dealkylation sites (N-methyl/N-ethyl adjacent to an activating group) is 1. The van der Waals surface area contributed by atoms with Crippen LogP contribution in [0.5, 0.6) is 0 Å². The molecular weight excluding hydrogens is 510 g/mol. The molecule has 7 nitrogen and oxygen atoms in total. The molecule has 0 saturated carbocycles. The minimum Gasteiger partial charge on any atom is -0.375 e. The Labute approximate surface area is 249 Å². The lowest BCUT2D eigenvalue weighted by Crippen LogP contribution is -2.35. The lowest BCUT2D eigenvalue weighted by atomic mass is 9.98. The predicted octanol–water partition coefficient (Wildman–Crippen LogP) is 7.32. The van der Waals surface area contributed by atoms with Crippen molar-refractivity contribution in [3.8, 4) is 0 Å². The number of ether oxygens (including phenoxy) is 1. The van der Waals surface area contributed by atoms with Gasteiger partial charge < -0.3 is 14.5 Å². The maximum atomic E-state index is 14.2. The summed E-state index contributed by atoms with van der Waals surface area (Å²) in [5.41, 5.74) is 4.93. The molecule has 2 N–H and O–H groups in total. The van der Waals surface area contributed by atoms with Crippen LogP contribution >= 0.6 is 0 Å². The van der Waals surface area contributed by atoms with Crippen LogP contribution in [0.25, 0.3) is 0 Å². The maximum Gasteiger partial charge on any atom is 0.261 e. The van der Waals surface area contributed by atoms with E-state index in [9.17, 15) is 4.79 Å². The largest absolute Gasteiger partial charge is 0.375 e. The average Bonchev–Trinajstić information content (AvgIpc) is 3.07. The molecule has 1 amide bonds. The van der Waals surface area contributed by atoms with E-state index in [1.165, 1.54) is 0 Å². The van der Waals surface area contributed by atoms with Gasteiger partial charge in [-0.05, 0) is 81.6 Å². The highest BCUT2D eigenvalue weighted by Gasteiger charge is 2.30. The summed E-state index contributed by atoms with van der Waals surface area (Å²) in [4.78, 5) is 22.9. The van der Waals surface area contributed by atoms with E-state index in [4.69, 9.17) is 10.6 Å². The van der Waals surface area contributed by atoms with E-state index >= 15 is 0 Å². The third-order valence-electron chi connectivity index (χ3n) is 8.10. The molecular formula is C34H55N5O2. The molecule has 1 aliphatic heterocycles. The van der Waals surface area contributed by atoms with Crippen LogP contribution in [-0.4, -0.2) is 49.4 Å². The van der Waals surface area contributed by atoms with Crippen molar-refractivity contribution in [2.45, 2.75) is 87.2 Å². The summed E-state index contributed by atoms with van der Waals surface area (Å²) in [6, 6.07) is 7.87. The molecule has 0 saturated heterocycles. The number of amides is 1. The van der Waals surface area contributed by atoms with Crippen molar-refractivity contribution in [2.75, 3.05) is 36.7 Å². The van der Waals surface area contributed by atoms with Crippen molar-refractivity contribution in [3.05, 3.63) is 59.6 Å². The number of rotatable bonds is 13. The summed E-state index contributed by atoms with van der Waals surface area (Å²) < 4.78 is 6.09. The fourth-order valence-corrected chi connectivity index (χ4v) is 4.59. The zero-order valence-electron chi connectivity index (χ0n) is 27.3. The third kappa shape index (κ3) is 9.57. The van der Waals surface area contributed by atoms with Crippen LogP contribution in [0, 0.1) is 17.8 Å². The third-order valence-corrected chi connectivity index (χ3v) is 8.10. The Bertz CT molecular complexity index is 1130. The Morgan fingerprint density at radius 2 is 1.78 bits per heavy atom. The molecule has 1 aromatic rings. The monoisotopic (exact) mass is 565 g/mol. The van der Waals surface area contributed by atoms with Gasteiger partial charge in [-0.2, -0.15) is 0 Å². The molecule has 0 spiro atoms. The number of benzene rings is 1. The van der Waals surface area contributed by atoms with Gasteiger partial charge in [0.05, 0.1) is 23.5 Å². The standard InChI is InChI=1S/C34H55N5O2/c1-12-24(4)27(7)36-21-31-32(26(6)14-3)37(11)18-19-38(33(31)40)29-16-15-17-30(20-29)39(35)22-28(25(5)13-2)23-41-34(8,9)10/h15-17,20-22,24-26H,7,12-14,18-19,23,35H2,1-6,8-11H3/b28-22-,36-21-. The predicted molar refractivity (Wildman–Crippen MR) is 175 cm³/mol. The van der Waals surface area contributed by atoms with Gasteiger partial charge in [0.1, 0.15) is 0 Å². The number of hydrogen-bond donors (Lipinski definition) is 1. The van der Waals surface area contributed by atoms with Crippen LogP contribution in [0.2, 0.25) is 0 Å². The Hall–Kier alpha value is -2.90. The minimum absolute atomic E-state index is 0.0551. The summed E-state index contributed by atoms with van der Waals surface area (Å²) in [5.74, 6) is 7.33. The molecule has 0 bridgehead atoms. The first-order valence-electron chi connectivity index (χ1n) is 15.2. The van der Waals surface area contributed by atoms with Crippen LogP contribution in [0.1, 0.15) is 81.6 Å². The fourth-order valence-electron chi connectivity index (χ4n) is 4.59. The molecule has 0 radical (unpaired) electrons. The zero-order valence-corrected chi connectivity index (χ0v) is 27.3. The van der Waals surface area contributed by atoms with E-state index in [-0.39, 0.29) is 23.3 Å². The quantitative estimate of drug-likeness (QED) is 0.154. The second kappa shape index (κ2) is 15.4. The summed E-state index contributed by atoms with van der Waals surface area (Å²) >= 11 is 0. The Morgan fingerprint density at radius 1 is 1.12 bits per heavy atom. The molecule has 0 aliphatic carbocycles. The van der Waals surface area contributed by atoms with Crippen molar-refractivity contribution in [2.24, 2.45) is 28.6 Å². The number of hydrazine groups is 1. The zero-order chi connectivity index (χ0) is 30.9. The fraction of sp³-hybridized carbons (Fsp3) is 0.588. The lowest BCUT2D eigenvalue weighted by molar-refractivity contribution is -0.114. The van der Waals surface area contributed by atoms with Crippen molar-refractivity contribution < 1.29 is 9.53 Å². The highest BCUT2D eigenvalue weighted by molar-refractivity contribution is 6.19. The van der Waals surface area contributed by atoms with E-state index < -0.39 is 0 Å². The van der Waals surface area contributed by atoms with Crippen LogP contribution in [0.3, 0.4) is 0 Å². The van der Waals surface area contributed by atoms with E-state index in [1.807, 2.05) is 35.4 Å². The highest BCUT2D eigenvalue weighted by Crippen LogP contribution is 2.30. The Kier molecular flexibility index (Phi) is 12.9. The van der Waals surface area contributed by atoms with Crippen LogP contribution in [0.15, 0.2) is 64.6 Å². The van der Waals surface area contributed by atoms with Crippen molar-refractivity contribution >= 4 is 23.5 Å². The molecule has 3 unspecified atom stereocenters. The molecule has 3 atom stereocenters. The minimum atomic E-state index is -0.240. The number of nitrogens with two attached hydrogens (primary N) is 1. The van der Waals surface area contributed by atoms with Gasteiger partial charge in [-0.25, -0.2) is 5.84 Å². The molecule has 1 aliphatic rings. The van der Waals surface area contributed by atoms with Gasteiger partial charge in [-0.15, -0.1) is 0 Å². The molecule has 0 fully saturated rings. The summed E-state index contributed by atoms with van der Waals surface area (Å²) in [6.45, 7) is 25.0. The van der Waals surface area contributed by atoms with Crippen molar-refractivity contribution in [1.29, 1.82) is 0 Å². The lowest BCUT2D eigenvalue weighted by Gasteiger charge is -2.26. The summed E-state index contributed by atoms with van der Waals surface area (Å²) in [7, 11) is 2.06. The first kappa shape index (κ1) is 34.3. The number of allylic oxidation sites excluding steroid dienone is 2. The number of anilines is 2. The van der Waals surface area contributed by atoms with E-state index in [2.05, 4.69) is 85.8 Å². The Balaban J connectivity index is 2.49. The maximum absolute atomic E-state index is 14.2. The SMILES string of the molecule is C=C(/N=C\C1=C(C(C)CC)N(C)CCN(c2cccc(N(N)/C=C(/COC(C)(C)C)C(C)CC)c2)C1=O)C(C)CC. The molecule has 228 valence electrons. The second-order valence-electron chi connectivity index (χ2n) is 12.4. The van der Waals surface area contributed by atoms with Gasteiger partial charge >= 0.3 is 0 Å². The topological polar surface area (TPSA) is 74.4 Å². The van der Waals surface area contributed by atoms with E-state index in [0.29, 0.717) is 31.2 Å². The molecule has 1 heterocycles. The molecule has 7 heteroatoms. The van der Waals surface area contributed by atoms with Gasteiger partial charge in [0, 0.05) is 49.6 Å². The van der Waals surface area contributed by atoms with Crippen LogP contribution in [-0.2, 0) is 9.53 Å². The van der Waals surface area contributed by atoms with Crippen LogP contribution in [0.4, 0.5) is 11.4 Å². The normalized spacial score (nSPS) is 17.6. The Morgan fingerprint density at radius 3 is 2.37 bits per heavy atom. The molecule has 0 aromatic heterocycles. The number of nitrogens with zero attached hydrogens (tertiary/aromatic N) is 4. The molecule has 1 aromatic carbocycles. The first-order valence-corrected chi connectivity index (χ1v) is 15.2. The van der Waals surface area contributed by atoms with Crippen molar-refractivity contribution in [3.63, 3.8) is 0 Å². The first-order chi connectivity index (χ1) is 19.2. The number of carbonyl (C=O) groups excluding carboxylic acids is 1. The van der Waals surface area contributed by atoms with Crippen LogP contribution < -0.4 is 15.8 Å². The number of carbonyl (C=O) groups is 1. The van der Waals surface area contributed by atoms with E-state index in [0.717, 1.165) is 47.6 Å². The smallest absolute Gasteiger partial charge is 0.261 e. The summed E-state index contributed by atoms with van der Waals surface area (Å²) in [5, 5.41) is 1.64. The van der Waals surface area contributed by atoms with Gasteiger partial charge in [0.15, 0.2) is 0 Å². The number of hydrogen-bond acceptors (Lipinski definition) is 6. The van der Waals surface area contributed by atoms with Gasteiger partial charge in [-0.3, -0.25) is 14.8 Å². The van der Waals surface area contributed by atoms with Gasteiger partial charge in [0.25, 0.3) is 5.91 Å². The average molecular weight is 566 g/mol.